The average Bonchev–Trinajstić information content (AvgIpc) is 2.82. The maximum atomic E-state index is 12.2. The fraction of sp³-hybridized carbons (Fsp3) is 0.440. The summed E-state index contributed by atoms with van der Waals surface area (Å²) in [5.41, 5.74) is 3.72. The Morgan fingerprint density at radius 1 is 1.15 bits per heavy atom. The second kappa shape index (κ2) is 9.90. The molecular formula is C25H32N6O3. The first kappa shape index (κ1) is 23.8. The van der Waals surface area contributed by atoms with Crippen molar-refractivity contribution in [1.82, 2.24) is 25.2 Å². The van der Waals surface area contributed by atoms with Crippen LogP contribution in [0, 0.1) is 0 Å². The van der Waals surface area contributed by atoms with Crippen LogP contribution >= 0.6 is 0 Å². The summed E-state index contributed by atoms with van der Waals surface area (Å²) in [6.45, 7) is 9.66. The van der Waals surface area contributed by atoms with Gasteiger partial charge in [-0.3, -0.25) is 19.5 Å². The molecule has 1 amide bonds. The summed E-state index contributed by atoms with van der Waals surface area (Å²) in [6, 6.07) is 7.51. The Labute approximate surface area is 198 Å². The number of nitrogens with one attached hydrogen (secondary N) is 2. The number of pyridine rings is 3. The number of nitrogens with zero attached hydrogens (tertiary/aromatic N) is 4. The Morgan fingerprint density at radius 2 is 1.91 bits per heavy atom. The lowest BCUT2D eigenvalue weighted by molar-refractivity contribution is 0.0692. The number of piperazine rings is 1. The molecule has 9 nitrogen and oxygen atoms in total. The number of carbonyl (C=O) groups is 1. The number of amides is 1. The van der Waals surface area contributed by atoms with Gasteiger partial charge in [-0.25, -0.2) is 4.98 Å². The van der Waals surface area contributed by atoms with E-state index in [9.17, 15) is 14.7 Å². The molecule has 0 bridgehead atoms. The van der Waals surface area contributed by atoms with Crippen LogP contribution in [0.4, 0.5) is 5.69 Å². The van der Waals surface area contributed by atoms with Gasteiger partial charge in [0, 0.05) is 51.0 Å². The van der Waals surface area contributed by atoms with E-state index < -0.39 is 5.60 Å². The number of aryl methyl sites for hydroxylation is 1. The van der Waals surface area contributed by atoms with Crippen LogP contribution in [0.15, 0.2) is 41.5 Å². The van der Waals surface area contributed by atoms with Crippen molar-refractivity contribution >= 4 is 22.6 Å². The highest BCUT2D eigenvalue weighted by atomic mass is 16.3. The van der Waals surface area contributed by atoms with E-state index in [-0.39, 0.29) is 18.0 Å². The van der Waals surface area contributed by atoms with Crippen LogP contribution in [-0.4, -0.2) is 69.2 Å². The zero-order valence-electron chi connectivity index (χ0n) is 20.0. The van der Waals surface area contributed by atoms with E-state index in [1.54, 1.807) is 26.1 Å². The smallest absolute Gasteiger partial charge is 0.269 e. The van der Waals surface area contributed by atoms with Crippen molar-refractivity contribution in [3.63, 3.8) is 0 Å². The summed E-state index contributed by atoms with van der Waals surface area (Å²) >= 11 is 0. The molecule has 0 atom stereocenters. The number of carbonyl (C=O) groups excluding carboxylic acids is 1. The van der Waals surface area contributed by atoms with Crippen molar-refractivity contribution in [1.29, 1.82) is 0 Å². The molecule has 0 saturated carbocycles. The SMILES string of the molecule is CCc1cc2ncc(CN3CCN(c4ccc(C(=O)NCC(C)(C)O)nc4)CC3)cc2[nH]c1=O. The Hall–Kier alpha value is -3.30. The molecule has 0 unspecified atom stereocenters. The second-order valence-corrected chi connectivity index (χ2v) is 9.41. The fourth-order valence-electron chi connectivity index (χ4n) is 4.03. The van der Waals surface area contributed by atoms with E-state index in [1.807, 2.05) is 31.3 Å². The number of aliphatic hydroxyl groups is 1. The molecule has 1 fully saturated rings. The molecule has 3 aromatic rings. The largest absolute Gasteiger partial charge is 0.389 e. The highest BCUT2D eigenvalue weighted by molar-refractivity contribution is 5.92. The molecule has 1 aliphatic rings. The zero-order valence-corrected chi connectivity index (χ0v) is 20.0. The lowest BCUT2D eigenvalue weighted by atomic mass is 10.1. The van der Waals surface area contributed by atoms with Crippen molar-refractivity contribution < 1.29 is 9.90 Å². The van der Waals surface area contributed by atoms with Crippen LogP contribution < -0.4 is 15.8 Å². The van der Waals surface area contributed by atoms with Crippen molar-refractivity contribution in [2.24, 2.45) is 0 Å². The van der Waals surface area contributed by atoms with E-state index in [2.05, 4.69) is 30.1 Å². The molecule has 9 heteroatoms. The summed E-state index contributed by atoms with van der Waals surface area (Å²) in [5.74, 6) is -0.297. The minimum atomic E-state index is -0.964. The Bertz CT molecular complexity index is 1210. The van der Waals surface area contributed by atoms with Gasteiger partial charge >= 0.3 is 0 Å². The summed E-state index contributed by atoms with van der Waals surface area (Å²) in [6.07, 6.45) is 4.30. The van der Waals surface area contributed by atoms with Crippen LogP contribution in [0.25, 0.3) is 11.0 Å². The first-order chi connectivity index (χ1) is 16.2. The number of H-pyrrole nitrogens is 1. The minimum Gasteiger partial charge on any atom is -0.389 e. The van der Waals surface area contributed by atoms with E-state index in [0.29, 0.717) is 12.1 Å². The number of fused-ring (bicyclic) bond motifs is 1. The number of rotatable bonds is 7. The monoisotopic (exact) mass is 464 g/mol. The van der Waals surface area contributed by atoms with Crippen molar-refractivity contribution in [3.8, 4) is 0 Å². The van der Waals surface area contributed by atoms with Gasteiger partial charge in [0.05, 0.1) is 28.5 Å². The van der Waals surface area contributed by atoms with E-state index in [4.69, 9.17) is 0 Å². The van der Waals surface area contributed by atoms with Gasteiger partial charge < -0.3 is 20.3 Å². The highest BCUT2D eigenvalue weighted by Gasteiger charge is 2.19. The fourth-order valence-corrected chi connectivity index (χ4v) is 4.03. The molecule has 3 N–H and O–H groups in total. The van der Waals surface area contributed by atoms with E-state index in [0.717, 1.165) is 60.6 Å². The number of anilines is 1. The predicted octanol–water partition coefficient (Wildman–Crippen LogP) is 1.70. The van der Waals surface area contributed by atoms with Gasteiger partial charge in [0.2, 0.25) is 0 Å². The summed E-state index contributed by atoms with van der Waals surface area (Å²) in [7, 11) is 0. The molecule has 0 radical (unpaired) electrons. The summed E-state index contributed by atoms with van der Waals surface area (Å²) < 4.78 is 0. The van der Waals surface area contributed by atoms with Crippen molar-refractivity contribution in [2.75, 3.05) is 37.6 Å². The third kappa shape index (κ3) is 5.78. The molecule has 34 heavy (non-hydrogen) atoms. The molecule has 0 aromatic carbocycles. The number of hydrogen-bond acceptors (Lipinski definition) is 7. The minimum absolute atomic E-state index is 0.0445. The maximum absolute atomic E-state index is 12.2. The van der Waals surface area contributed by atoms with E-state index >= 15 is 0 Å². The van der Waals surface area contributed by atoms with Crippen LogP contribution in [-0.2, 0) is 13.0 Å². The van der Waals surface area contributed by atoms with Gasteiger partial charge in [0.15, 0.2) is 0 Å². The normalized spacial score (nSPS) is 15.0. The Morgan fingerprint density at radius 3 is 2.56 bits per heavy atom. The molecule has 4 heterocycles. The predicted molar refractivity (Wildman–Crippen MR) is 132 cm³/mol. The topological polar surface area (TPSA) is 114 Å². The van der Waals surface area contributed by atoms with Crippen molar-refractivity contribution in [3.05, 3.63) is 63.8 Å². The van der Waals surface area contributed by atoms with Gasteiger partial charge in [-0.05, 0) is 50.1 Å². The number of aromatic nitrogens is 3. The summed E-state index contributed by atoms with van der Waals surface area (Å²) in [5, 5.41) is 12.4. The van der Waals surface area contributed by atoms with Gasteiger partial charge in [-0.1, -0.05) is 6.92 Å². The molecule has 4 rings (SSSR count). The molecule has 3 aromatic heterocycles. The zero-order chi connectivity index (χ0) is 24.3. The van der Waals surface area contributed by atoms with Crippen LogP contribution in [0.3, 0.4) is 0 Å². The molecule has 1 aliphatic heterocycles. The maximum Gasteiger partial charge on any atom is 0.269 e. The first-order valence-electron chi connectivity index (χ1n) is 11.7. The second-order valence-electron chi connectivity index (χ2n) is 9.41. The van der Waals surface area contributed by atoms with Gasteiger partial charge in [0.25, 0.3) is 11.5 Å². The summed E-state index contributed by atoms with van der Waals surface area (Å²) in [4.78, 5) is 40.7. The van der Waals surface area contributed by atoms with Crippen molar-refractivity contribution in [2.45, 2.75) is 39.3 Å². The van der Waals surface area contributed by atoms with Gasteiger partial charge in [-0.2, -0.15) is 0 Å². The number of hydrogen-bond donors (Lipinski definition) is 3. The third-order valence-electron chi connectivity index (χ3n) is 6.01. The van der Waals surface area contributed by atoms with Gasteiger partial charge in [0.1, 0.15) is 5.69 Å². The van der Waals surface area contributed by atoms with Crippen LogP contribution in [0.1, 0.15) is 42.4 Å². The lowest BCUT2D eigenvalue weighted by Crippen LogP contribution is -2.46. The van der Waals surface area contributed by atoms with Gasteiger partial charge in [-0.15, -0.1) is 0 Å². The quantitative estimate of drug-likeness (QED) is 0.488. The molecule has 180 valence electrons. The molecule has 1 saturated heterocycles. The molecule has 0 aliphatic carbocycles. The Balaban J connectivity index is 1.32. The van der Waals surface area contributed by atoms with Crippen LogP contribution in [0.5, 0.6) is 0 Å². The lowest BCUT2D eigenvalue weighted by Gasteiger charge is -2.36. The highest BCUT2D eigenvalue weighted by Crippen LogP contribution is 2.18. The van der Waals surface area contributed by atoms with E-state index in [1.165, 1.54) is 0 Å². The number of aromatic amines is 1. The average molecular weight is 465 g/mol. The Kier molecular flexibility index (Phi) is 6.95. The standard InChI is InChI=1S/C25H32N6O3/c1-4-18-12-21-22(29-23(18)32)11-17(13-26-21)15-30-7-9-31(10-8-30)19-5-6-20(27-14-19)24(33)28-16-25(2,3)34/h5-6,11-14,34H,4,7-10,15-16H2,1-3H3,(H,28,33)(H,29,32). The molecule has 0 spiro atoms. The third-order valence-corrected chi connectivity index (χ3v) is 6.01. The molecular weight excluding hydrogens is 432 g/mol. The van der Waals surface area contributed by atoms with Crippen LogP contribution in [0.2, 0.25) is 0 Å². The first-order valence-corrected chi connectivity index (χ1v) is 11.7.